The van der Waals surface area contributed by atoms with Crippen LogP contribution in [0.1, 0.15) is 6.92 Å². The third-order valence-corrected chi connectivity index (χ3v) is 3.62. The molecule has 0 aliphatic heterocycles. The fourth-order valence-corrected chi connectivity index (χ4v) is 2.47. The molecule has 0 aliphatic rings. The molecule has 0 aliphatic carbocycles. The minimum absolute atomic E-state index is 0.349. The van der Waals surface area contributed by atoms with Crippen LogP contribution in [0.5, 0.6) is 0 Å². The molecule has 1 N–H and O–H groups in total. The van der Waals surface area contributed by atoms with Crippen molar-refractivity contribution < 1.29 is 4.42 Å². The van der Waals surface area contributed by atoms with Crippen molar-refractivity contribution in [2.75, 3.05) is 11.9 Å². The summed E-state index contributed by atoms with van der Waals surface area (Å²) in [4.78, 5) is 12.2. The first kappa shape index (κ1) is 13.7. The van der Waals surface area contributed by atoms with Gasteiger partial charge in [0.15, 0.2) is 0 Å². The number of fused-ring (bicyclic) bond motifs is 1. The SMILES string of the molecule is CCNc1cc(-c2cc3ccccc3oc2=O)ccc1Cl. The number of halogens is 1. The first-order valence-electron chi connectivity index (χ1n) is 6.75. The predicted molar refractivity (Wildman–Crippen MR) is 87.1 cm³/mol. The molecule has 0 radical (unpaired) electrons. The maximum atomic E-state index is 12.2. The highest BCUT2D eigenvalue weighted by Crippen LogP contribution is 2.28. The molecule has 0 atom stereocenters. The highest BCUT2D eigenvalue weighted by Gasteiger charge is 2.09. The lowest BCUT2D eigenvalue weighted by atomic mass is 10.1. The number of nitrogens with one attached hydrogen (secondary N) is 1. The van der Waals surface area contributed by atoms with Gasteiger partial charge in [-0.05, 0) is 36.8 Å². The molecule has 0 spiro atoms. The highest BCUT2D eigenvalue weighted by atomic mass is 35.5. The lowest BCUT2D eigenvalue weighted by molar-refractivity contribution is 0.563. The summed E-state index contributed by atoms with van der Waals surface area (Å²) in [5, 5.41) is 4.70. The van der Waals surface area contributed by atoms with Crippen molar-refractivity contribution in [2.24, 2.45) is 0 Å². The van der Waals surface area contributed by atoms with Gasteiger partial charge in [-0.2, -0.15) is 0 Å². The normalized spacial score (nSPS) is 10.8. The van der Waals surface area contributed by atoms with Crippen LogP contribution in [0.2, 0.25) is 5.02 Å². The van der Waals surface area contributed by atoms with Gasteiger partial charge in [0.1, 0.15) is 5.58 Å². The molecule has 1 aromatic heterocycles. The monoisotopic (exact) mass is 299 g/mol. The Balaban J connectivity index is 2.18. The van der Waals surface area contributed by atoms with E-state index in [4.69, 9.17) is 16.0 Å². The lowest BCUT2D eigenvalue weighted by Gasteiger charge is -2.08. The topological polar surface area (TPSA) is 42.2 Å². The average molecular weight is 300 g/mol. The van der Waals surface area contributed by atoms with Crippen molar-refractivity contribution in [1.82, 2.24) is 0 Å². The second-order valence-electron chi connectivity index (χ2n) is 4.71. The largest absolute Gasteiger partial charge is 0.422 e. The Kier molecular flexibility index (Phi) is 3.67. The molecule has 0 saturated heterocycles. The number of hydrogen-bond acceptors (Lipinski definition) is 3. The van der Waals surface area contributed by atoms with Crippen LogP contribution in [-0.2, 0) is 0 Å². The first-order valence-corrected chi connectivity index (χ1v) is 7.13. The van der Waals surface area contributed by atoms with Crippen LogP contribution in [0.25, 0.3) is 22.1 Å². The highest BCUT2D eigenvalue weighted by molar-refractivity contribution is 6.33. The molecule has 2 aromatic carbocycles. The standard InChI is InChI=1S/C17H14ClNO2/c1-2-19-15-10-11(7-8-14(15)18)13-9-12-5-3-4-6-16(12)21-17(13)20/h3-10,19H,2H2,1H3. The molecule has 0 unspecified atom stereocenters. The maximum absolute atomic E-state index is 12.2. The average Bonchev–Trinajstić information content (AvgIpc) is 2.49. The summed E-state index contributed by atoms with van der Waals surface area (Å²) in [6.07, 6.45) is 0. The van der Waals surface area contributed by atoms with Crippen molar-refractivity contribution in [3.05, 3.63) is 64.0 Å². The van der Waals surface area contributed by atoms with Crippen molar-refractivity contribution in [3.8, 4) is 11.1 Å². The van der Waals surface area contributed by atoms with Crippen LogP contribution in [0.3, 0.4) is 0 Å². The summed E-state index contributed by atoms with van der Waals surface area (Å²) in [6.45, 7) is 2.75. The molecule has 106 valence electrons. The Labute approximate surface area is 127 Å². The van der Waals surface area contributed by atoms with E-state index in [9.17, 15) is 4.79 Å². The maximum Gasteiger partial charge on any atom is 0.344 e. The summed E-state index contributed by atoms with van der Waals surface area (Å²) >= 11 is 6.13. The third-order valence-electron chi connectivity index (χ3n) is 3.29. The minimum Gasteiger partial charge on any atom is -0.422 e. The van der Waals surface area contributed by atoms with Crippen molar-refractivity contribution in [2.45, 2.75) is 6.92 Å². The third kappa shape index (κ3) is 2.65. The zero-order valence-electron chi connectivity index (χ0n) is 11.5. The van der Waals surface area contributed by atoms with E-state index in [2.05, 4.69) is 5.32 Å². The number of para-hydroxylation sites is 1. The zero-order chi connectivity index (χ0) is 14.8. The Morgan fingerprint density at radius 1 is 1.14 bits per heavy atom. The minimum atomic E-state index is -0.349. The molecule has 0 amide bonds. The summed E-state index contributed by atoms with van der Waals surface area (Å²) in [7, 11) is 0. The van der Waals surface area contributed by atoms with Gasteiger partial charge in [-0.3, -0.25) is 0 Å². The van der Waals surface area contributed by atoms with E-state index in [0.717, 1.165) is 23.2 Å². The molecular formula is C17H14ClNO2. The zero-order valence-corrected chi connectivity index (χ0v) is 12.3. The van der Waals surface area contributed by atoms with Crippen molar-refractivity contribution >= 4 is 28.3 Å². The van der Waals surface area contributed by atoms with Crippen LogP contribution < -0.4 is 10.9 Å². The Bertz CT molecular complexity index is 855. The van der Waals surface area contributed by atoms with Gasteiger partial charge in [0.05, 0.1) is 16.3 Å². The van der Waals surface area contributed by atoms with Crippen molar-refractivity contribution in [1.29, 1.82) is 0 Å². The molecule has 21 heavy (non-hydrogen) atoms. The van der Waals surface area contributed by atoms with E-state index in [1.165, 1.54) is 0 Å². The van der Waals surface area contributed by atoms with Gasteiger partial charge < -0.3 is 9.73 Å². The van der Waals surface area contributed by atoms with E-state index in [1.54, 1.807) is 12.1 Å². The molecule has 3 rings (SSSR count). The van der Waals surface area contributed by atoms with Gasteiger partial charge >= 0.3 is 5.63 Å². The number of benzene rings is 2. The fourth-order valence-electron chi connectivity index (χ4n) is 2.28. The van der Waals surface area contributed by atoms with Crippen LogP contribution >= 0.6 is 11.6 Å². The summed E-state index contributed by atoms with van der Waals surface area (Å²) < 4.78 is 5.37. The quantitative estimate of drug-likeness (QED) is 0.722. The molecule has 1 heterocycles. The van der Waals surface area contributed by atoms with Crippen LogP contribution in [0.15, 0.2) is 57.7 Å². The number of rotatable bonds is 3. The molecule has 4 heteroatoms. The fraction of sp³-hybridized carbons (Fsp3) is 0.118. The molecule has 3 nitrogen and oxygen atoms in total. The number of anilines is 1. The van der Waals surface area contributed by atoms with E-state index >= 15 is 0 Å². The van der Waals surface area contributed by atoms with E-state index in [0.29, 0.717) is 16.2 Å². The van der Waals surface area contributed by atoms with E-state index < -0.39 is 0 Å². The van der Waals surface area contributed by atoms with E-state index in [-0.39, 0.29) is 5.63 Å². The summed E-state index contributed by atoms with van der Waals surface area (Å²) in [5.41, 5.74) is 2.37. The summed E-state index contributed by atoms with van der Waals surface area (Å²) in [6, 6.07) is 14.8. The van der Waals surface area contributed by atoms with Gasteiger partial charge in [-0.1, -0.05) is 35.9 Å². The Hall–Kier alpha value is -2.26. The second kappa shape index (κ2) is 5.62. The van der Waals surface area contributed by atoms with Crippen LogP contribution in [-0.4, -0.2) is 6.54 Å². The lowest BCUT2D eigenvalue weighted by Crippen LogP contribution is -2.03. The first-order chi connectivity index (χ1) is 10.2. The van der Waals surface area contributed by atoms with Crippen LogP contribution in [0, 0.1) is 0 Å². The molecule has 0 bridgehead atoms. The molecule has 3 aromatic rings. The predicted octanol–water partition coefficient (Wildman–Crippen LogP) is 4.55. The van der Waals surface area contributed by atoms with Gasteiger partial charge in [0.2, 0.25) is 0 Å². The van der Waals surface area contributed by atoms with Crippen LogP contribution in [0.4, 0.5) is 5.69 Å². The van der Waals surface area contributed by atoms with Gasteiger partial charge in [0.25, 0.3) is 0 Å². The molecular weight excluding hydrogens is 286 g/mol. The van der Waals surface area contributed by atoms with Crippen molar-refractivity contribution in [3.63, 3.8) is 0 Å². The smallest absolute Gasteiger partial charge is 0.344 e. The second-order valence-corrected chi connectivity index (χ2v) is 5.12. The van der Waals surface area contributed by atoms with Gasteiger partial charge in [-0.15, -0.1) is 0 Å². The van der Waals surface area contributed by atoms with Gasteiger partial charge in [-0.25, -0.2) is 4.79 Å². The number of hydrogen-bond donors (Lipinski definition) is 1. The molecule has 0 fully saturated rings. The van der Waals surface area contributed by atoms with Gasteiger partial charge in [0, 0.05) is 11.9 Å². The Morgan fingerprint density at radius 3 is 2.76 bits per heavy atom. The molecule has 0 saturated carbocycles. The summed E-state index contributed by atoms with van der Waals surface area (Å²) in [5.74, 6) is 0. The van der Waals surface area contributed by atoms with E-state index in [1.807, 2.05) is 43.3 Å². The Morgan fingerprint density at radius 2 is 1.95 bits per heavy atom.